The second kappa shape index (κ2) is 7.61. The number of aromatic nitrogens is 2. The molecule has 24 heavy (non-hydrogen) atoms. The van der Waals surface area contributed by atoms with E-state index in [2.05, 4.69) is 26.9 Å². The maximum atomic E-state index is 11.6. The largest absolute Gasteiger partial charge is 0.424 e. The molecule has 2 atom stereocenters. The maximum Gasteiger partial charge on any atom is 0.230 e. The van der Waals surface area contributed by atoms with Gasteiger partial charge in [0.05, 0.1) is 6.54 Å². The van der Waals surface area contributed by atoms with Crippen LogP contribution in [-0.2, 0) is 17.8 Å². The Morgan fingerprint density at radius 1 is 1.17 bits per heavy atom. The Bertz CT molecular complexity index is 561. The number of carbonyl (C=O) groups is 1. The van der Waals surface area contributed by atoms with Gasteiger partial charge in [0.2, 0.25) is 17.7 Å². The summed E-state index contributed by atoms with van der Waals surface area (Å²) in [4.78, 5) is 18.6. The fraction of sp³-hybridized carbons (Fsp3) is 0.824. The zero-order valence-corrected chi connectivity index (χ0v) is 15.1. The maximum absolute atomic E-state index is 11.6. The van der Waals surface area contributed by atoms with Crippen molar-refractivity contribution in [2.45, 2.75) is 46.2 Å². The highest BCUT2D eigenvalue weighted by atomic mass is 16.4. The molecule has 1 aromatic heterocycles. The lowest BCUT2D eigenvalue weighted by Gasteiger charge is -2.30. The SMILES string of the molecule is CCc1nnc(CN2C[C@H](C)[C@@H](N3CCCN(C(C)=O)CC3)C2)o1. The molecule has 1 amide bonds. The van der Waals surface area contributed by atoms with E-state index < -0.39 is 0 Å². The summed E-state index contributed by atoms with van der Waals surface area (Å²) in [6, 6.07) is 0.547. The molecule has 2 fully saturated rings. The summed E-state index contributed by atoms with van der Waals surface area (Å²) < 4.78 is 5.65. The first-order valence-electron chi connectivity index (χ1n) is 9.10. The first kappa shape index (κ1) is 17.4. The predicted molar refractivity (Wildman–Crippen MR) is 90.3 cm³/mol. The third kappa shape index (κ3) is 3.95. The molecule has 0 radical (unpaired) electrons. The van der Waals surface area contributed by atoms with E-state index >= 15 is 0 Å². The Balaban J connectivity index is 1.56. The van der Waals surface area contributed by atoms with Crippen LogP contribution >= 0.6 is 0 Å². The van der Waals surface area contributed by atoms with E-state index in [1.807, 2.05) is 11.8 Å². The van der Waals surface area contributed by atoms with Gasteiger partial charge in [0.25, 0.3) is 0 Å². The third-order valence-corrected chi connectivity index (χ3v) is 5.26. The summed E-state index contributed by atoms with van der Waals surface area (Å²) >= 11 is 0. The molecule has 0 N–H and O–H groups in total. The molecular weight excluding hydrogens is 306 g/mol. The summed E-state index contributed by atoms with van der Waals surface area (Å²) in [5, 5.41) is 8.19. The van der Waals surface area contributed by atoms with Crippen LogP contribution in [-0.4, -0.2) is 76.1 Å². The Kier molecular flexibility index (Phi) is 5.50. The van der Waals surface area contributed by atoms with Crippen molar-refractivity contribution >= 4 is 5.91 Å². The Hall–Kier alpha value is -1.47. The molecule has 0 spiro atoms. The quantitative estimate of drug-likeness (QED) is 0.818. The van der Waals surface area contributed by atoms with Crippen molar-refractivity contribution in [1.82, 2.24) is 24.9 Å². The fourth-order valence-electron chi connectivity index (χ4n) is 3.92. The Morgan fingerprint density at radius 3 is 2.67 bits per heavy atom. The zero-order chi connectivity index (χ0) is 17.1. The number of carbonyl (C=O) groups excluding carboxylic acids is 1. The van der Waals surface area contributed by atoms with Gasteiger partial charge in [-0.3, -0.25) is 14.6 Å². The van der Waals surface area contributed by atoms with Gasteiger partial charge in [-0.1, -0.05) is 13.8 Å². The monoisotopic (exact) mass is 335 g/mol. The van der Waals surface area contributed by atoms with Crippen LogP contribution in [0.4, 0.5) is 0 Å². The van der Waals surface area contributed by atoms with Crippen LogP contribution in [0.5, 0.6) is 0 Å². The first-order chi connectivity index (χ1) is 11.6. The van der Waals surface area contributed by atoms with Gasteiger partial charge in [0, 0.05) is 58.7 Å². The number of hydrogen-bond donors (Lipinski definition) is 0. The van der Waals surface area contributed by atoms with Crippen LogP contribution in [0.25, 0.3) is 0 Å². The van der Waals surface area contributed by atoms with Gasteiger partial charge in [-0.05, 0) is 12.3 Å². The van der Waals surface area contributed by atoms with Crippen molar-refractivity contribution in [3.05, 3.63) is 11.8 Å². The van der Waals surface area contributed by atoms with E-state index in [4.69, 9.17) is 4.42 Å². The molecule has 0 aliphatic carbocycles. The Morgan fingerprint density at radius 2 is 1.96 bits per heavy atom. The van der Waals surface area contributed by atoms with E-state index in [0.717, 1.165) is 64.5 Å². The second-order valence-electron chi connectivity index (χ2n) is 7.08. The van der Waals surface area contributed by atoms with Gasteiger partial charge in [0.1, 0.15) is 0 Å². The molecule has 0 saturated carbocycles. The minimum Gasteiger partial charge on any atom is -0.424 e. The van der Waals surface area contributed by atoms with E-state index in [1.165, 1.54) is 0 Å². The van der Waals surface area contributed by atoms with Crippen molar-refractivity contribution in [2.24, 2.45) is 5.92 Å². The minimum atomic E-state index is 0.195. The number of amides is 1. The zero-order valence-electron chi connectivity index (χ0n) is 15.1. The molecule has 3 heterocycles. The van der Waals surface area contributed by atoms with Crippen LogP contribution < -0.4 is 0 Å². The first-order valence-corrected chi connectivity index (χ1v) is 9.10. The second-order valence-corrected chi connectivity index (χ2v) is 7.08. The highest BCUT2D eigenvalue weighted by molar-refractivity contribution is 5.73. The molecule has 0 bridgehead atoms. The van der Waals surface area contributed by atoms with Crippen molar-refractivity contribution < 1.29 is 9.21 Å². The van der Waals surface area contributed by atoms with Crippen LogP contribution in [0.1, 0.15) is 39.0 Å². The fourth-order valence-corrected chi connectivity index (χ4v) is 3.92. The van der Waals surface area contributed by atoms with Crippen molar-refractivity contribution in [2.75, 3.05) is 39.3 Å². The van der Waals surface area contributed by atoms with E-state index in [0.29, 0.717) is 17.9 Å². The van der Waals surface area contributed by atoms with Gasteiger partial charge in [-0.25, -0.2) is 0 Å². The average Bonchev–Trinajstić information content (AvgIpc) is 3.06. The molecule has 0 unspecified atom stereocenters. The number of rotatable bonds is 4. The summed E-state index contributed by atoms with van der Waals surface area (Å²) in [7, 11) is 0. The van der Waals surface area contributed by atoms with Gasteiger partial charge in [-0.15, -0.1) is 10.2 Å². The lowest BCUT2D eigenvalue weighted by molar-refractivity contribution is -0.128. The number of aryl methyl sites for hydroxylation is 1. The molecule has 2 aliphatic rings. The highest BCUT2D eigenvalue weighted by Crippen LogP contribution is 2.24. The molecule has 7 nitrogen and oxygen atoms in total. The summed E-state index contributed by atoms with van der Waals surface area (Å²) in [5.41, 5.74) is 0. The summed E-state index contributed by atoms with van der Waals surface area (Å²) in [5.74, 6) is 2.24. The molecule has 2 saturated heterocycles. The number of nitrogens with zero attached hydrogens (tertiary/aromatic N) is 5. The van der Waals surface area contributed by atoms with E-state index in [1.54, 1.807) is 6.92 Å². The molecule has 3 rings (SSSR count). The average molecular weight is 335 g/mol. The van der Waals surface area contributed by atoms with Gasteiger partial charge >= 0.3 is 0 Å². The molecule has 0 aromatic carbocycles. The smallest absolute Gasteiger partial charge is 0.230 e. The van der Waals surface area contributed by atoms with Gasteiger partial charge in [-0.2, -0.15) is 0 Å². The molecular formula is C17H29N5O2. The van der Waals surface area contributed by atoms with Crippen LogP contribution in [0.2, 0.25) is 0 Å². The highest BCUT2D eigenvalue weighted by Gasteiger charge is 2.35. The molecule has 134 valence electrons. The normalized spacial score (nSPS) is 26.7. The van der Waals surface area contributed by atoms with Crippen molar-refractivity contribution in [3.8, 4) is 0 Å². The van der Waals surface area contributed by atoms with E-state index in [9.17, 15) is 4.79 Å². The van der Waals surface area contributed by atoms with Crippen molar-refractivity contribution in [1.29, 1.82) is 0 Å². The number of hydrogen-bond acceptors (Lipinski definition) is 6. The third-order valence-electron chi connectivity index (χ3n) is 5.26. The lowest BCUT2D eigenvalue weighted by Crippen LogP contribution is -2.42. The number of likely N-dealkylation sites (tertiary alicyclic amines) is 1. The molecule has 2 aliphatic heterocycles. The van der Waals surface area contributed by atoms with Gasteiger partial charge in [0.15, 0.2) is 0 Å². The minimum absolute atomic E-state index is 0.195. The summed E-state index contributed by atoms with van der Waals surface area (Å²) in [6.45, 7) is 12.6. The van der Waals surface area contributed by atoms with E-state index in [-0.39, 0.29) is 5.91 Å². The van der Waals surface area contributed by atoms with Crippen molar-refractivity contribution in [3.63, 3.8) is 0 Å². The van der Waals surface area contributed by atoms with Crippen LogP contribution in [0.15, 0.2) is 4.42 Å². The van der Waals surface area contributed by atoms with Crippen LogP contribution in [0, 0.1) is 5.92 Å². The predicted octanol–water partition coefficient (Wildman–Crippen LogP) is 1.01. The standard InChI is InChI=1S/C17H29N5O2/c1-4-16-18-19-17(24-16)12-20-10-13(2)15(11-20)22-7-5-6-21(8-9-22)14(3)23/h13,15H,4-12H2,1-3H3/t13-,15-/m0/s1. The Labute approximate surface area is 144 Å². The van der Waals surface area contributed by atoms with Gasteiger partial charge < -0.3 is 9.32 Å². The summed E-state index contributed by atoms with van der Waals surface area (Å²) in [6.07, 6.45) is 1.85. The molecule has 7 heteroatoms. The topological polar surface area (TPSA) is 65.7 Å². The van der Waals surface area contributed by atoms with Crippen LogP contribution in [0.3, 0.4) is 0 Å². The molecule has 1 aromatic rings. The lowest BCUT2D eigenvalue weighted by atomic mass is 10.0.